The number of benzene rings is 2. The molecule has 0 N–H and O–H groups in total. The molecule has 0 saturated carbocycles. The summed E-state index contributed by atoms with van der Waals surface area (Å²) in [6.45, 7) is 2.06. The quantitative estimate of drug-likeness (QED) is 0.746. The highest BCUT2D eigenvalue weighted by Gasteiger charge is 2.20. The van der Waals surface area contributed by atoms with Crippen molar-refractivity contribution in [1.29, 1.82) is 0 Å². The van der Waals surface area contributed by atoms with Crippen molar-refractivity contribution in [2.45, 2.75) is 31.2 Å². The van der Waals surface area contributed by atoms with Crippen molar-refractivity contribution >= 4 is 11.6 Å². The van der Waals surface area contributed by atoms with Gasteiger partial charge in [0.1, 0.15) is 17.7 Å². The molecule has 1 nitrogen and oxygen atoms in total. The molecule has 3 rings (SSSR count). The Bertz CT molecular complexity index is 626. The van der Waals surface area contributed by atoms with Gasteiger partial charge in [0, 0.05) is 6.42 Å². The lowest BCUT2D eigenvalue weighted by atomic mass is 10.0. The van der Waals surface area contributed by atoms with Gasteiger partial charge in [-0.2, -0.15) is 0 Å². The molecule has 0 saturated heterocycles. The second kappa shape index (κ2) is 5.45. The van der Waals surface area contributed by atoms with Crippen molar-refractivity contribution in [3.63, 3.8) is 0 Å². The Hall–Kier alpha value is -1.54. The summed E-state index contributed by atoms with van der Waals surface area (Å²) in [4.78, 5) is 0. The van der Waals surface area contributed by atoms with Crippen molar-refractivity contribution in [3.8, 4) is 5.75 Å². The van der Waals surface area contributed by atoms with E-state index in [1.165, 1.54) is 17.7 Å². The normalized spacial score (nSPS) is 18.4. The van der Waals surface area contributed by atoms with Crippen LogP contribution in [-0.2, 0) is 12.8 Å². The van der Waals surface area contributed by atoms with E-state index in [2.05, 4.69) is 13.0 Å². The molecule has 2 aromatic carbocycles. The molecule has 1 heterocycles. The van der Waals surface area contributed by atoms with Crippen LogP contribution >= 0.6 is 11.6 Å². The van der Waals surface area contributed by atoms with Crippen LogP contribution in [0.15, 0.2) is 42.5 Å². The van der Waals surface area contributed by atoms with Gasteiger partial charge in [-0.15, -0.1) is 11.6 Å². The molecule has 0 fully saturated rings. The van der Waals surface area contributed by atoms with Crippen LogP contribution in [0.25, 0.3) is 0 Å². The summed E-state index contributed by atoms with van der Waals surface area (Å²) in [5.41, 5.74) is 3.18. The monoisotopic (exact) mass is 290 g/mol. The summed E-state index contributed by atoms with van der Waals surface area (Å²) in [5, 5.41) is -0.155. The van der Waals surface area contributed by atoms with E-state index in [1.54, 1.807) is 6.07 Å². The van der Waals surface area contributed by atoms with E-state index in [0.717, 1.165) is 23.3 Å². The minimum atomic E-state index is -0.220. The lowest BCUT2D eigenvalue weighted by molar-refractivity contribution is 0.254. The molecule has 0 bridgehead atoms. The maximum absolute atomic E-state index is 13.2. The maximum Gasteiger partial charge on any atom is 0.123 e. The summed E-state index contributed by atoms with van der Waals surface area (Å²) < 4.78 is 18.9. The fraction of sp³-hybridized carbons (Fsp3) is 0.294. The molecule has 2 atom stereocenters. The van der Waals surface area contributed by atoms with Crippen LogP contribution in [-0.4, -0.2) is 6.10 Å². The molecule has 0 amide bonds. The van der Waals surface area contributed by atoms with Gasteiger partial charge in [0.2, 0.25) is 0 Å². The fourth-order valence-corrected chi connectivity index (χ4v) is 2.94. The average molecular weight is 291 g/mol. The molecular formula is C17H16ClFO. The topological polar surface area (TPSA) is 9.23 Å². The second-order valence-electron chi connectivity index (χ2n) is 5.30. The Kier molecular flexibility index (Phi) is 3.66. The van der Waals surface area contributed by atoms with E-state index < -0.39 is 0 Å². The summed E-state index contributed by atoms with van der Waals surface area (Å²) >= 11 is 6.47. The van der Waals surface area contributed by atoms with E-state index in [4.69, 9.17) is 16.3 Å². The van der Waals surface area contributed by atoms with Crippen molar-refractivity contribution in [1.82, 2.24) is 0 Å². The number of ether oxygens (including phenoxy) is 1. The third-order valence-corrected chi connectivity index (χ3v) is 3.99. The Labute approximate surface area is 123 Å². The molecule has 1 aliphatic heterocycles. The highest BCUT2D eigenvalue weighted by atomic mass is 35.5. The van der Waals surface area contributed by atoms with E-state index >= 15 is 0 Å². The molecule has 0 spiro atoms. The van der Waals surface area contributed by atoms with Crippen molar-refractivity contribution in [2.75, 3.05) is 0 Å². The van der Waals surface area contributed by atoms with Crippen LogP contribution in [0.4, 0.5) is 4.39 Å². The zero-order chi connectivity index (χ0) is 14.1. The minimum absolute atomic E-state index is 0.155. The third kappa shape index (κ3) is 2.80. The molecule has 2 unspecified atom stereocenters. The molecule has 20 heavy (non-hydrogen) atoms. The van der Waals surface area contributed by atoms with Gasteiger partial charge in [-0.1, -0.05) is 24.3 Å². The van der Waals surface area contributed by atoms with E-state index in [0.29, 0.717) is 6.42 Å². The van der Waals surface area contributed by atoms with Crippen LogP contribution in [0.1, 0.15) is 29.0 Å². The van der Waals surface area contributed by atoms with Gasteiger partial charge in [0.25, 0.3) is 0 Å². The number of alkyl halides is 1. The fourth-order valence-electron chi connectivity index (χ4n) is 2.63. The first-order chi connectivity index (χ1) is 9.61. The van der Waals surface area contributed by atoms with Gasteiger partial charge in [0.15, 0.2) is 0 Å². The molecule has 0 radical (unpaired) electrons. The zero-order valence-corrected chi connectivity index (χ0v) is 12.0. The van der Waals surface area contributed by atoms with Crippen molar-refractivity contribution < 1.29 is 9.13 Å². The molecule has 104 valence electrons. The molecule has 0 aliphatic carbocycles. The number of hydrogen-bond donors (Lipinski definition) is 0. The van der Waals surface area contributed by atoms with Crippen LogP contribution in [0, 0.1) is 5.82 Å². The summed E-state index contributed by atoms with van der Waals surface area (Å²) in [6, 6.07) is 12.7. The lowest BCUT2D eigenvalue weighted by Crippen LogP contribution is -2.05. The van der Waals surface area contributed by atoms with E-state index in [-0.39, 0.29) is 17.3 Å². The molecular weight excluding hydrogens is 275 g/mol. The summed E-state index contributed by atoms with van der Waals surface area (Å²) in [7, 11) is 0. The number of rotatable bonds is 3. The van der Waals surface area contributed by atoms with Gasteiger partial charge >= 0.3 is 0 Å². The van der Waals surface area contributed by atoms with Gasteiger partial charge in [-0.05, 0) is 48.2 Å². The first-order valence-electron chi connectivity index (χ1n) is 6.80. The maximum atomic E-state index is 13.2. The Balaban J connectivity index is 1.78. The Morgan fingerprint density at radius 1 is 1.30 bits per heavy atom. The first-order valence-corrected chi connectivity index (χ1v) is 7.23. The van der Waals surface area contributed by atoms with Gasteiger partial charge < -0.3 is 4.74 Å². The van der Waals surface area contributed by atoms with Crippen molar-refractivity contribution in [2.24, 2.45) is 0 Å². The predicted octanol–water partition coefficient (Wildman–Crippen LogP) is 4.67. The highest BCUT2D eigenvalue weighted by Crippen LogP contribution is 2.33. The van der Waals surface area contributed by atoms with Crippen LogP contribution in [0.5, 0.6) is 5.75 Å². The third-order valence-electron chi connectivity index (χ3n) is 3.59. The second-order valence-corrected chi connectivity index (χ2v) is 5.83. The van der Waals surface area contributed by atoms with Crippen LogP contribution < -0.4 is 4.74 Å². The average Bonchev–Trinajstić information content (AvgIpc) is 2.77. The lowest BCUT2D eigenvalue weighted by Gasteiger charge is -2.11. The standard InChI is InChI=1S/C17H16ClFO/c1-11-7-14-10-13(5-6-17(14)20-11)16(18)9-12-3-2-4-15(19)8-12/h2-6,8,10-11,16H,7,9H2,1H3. The van der Waals surface area contributed by atoms with E-state index in [1.807, 2.05) is 18.2 Å². The van der Waals surface area contributed by atoms with E-state index in [9.17, 15) is 4.39 Å². The summed E-state index contributed by atoms with van der Waals surface area (Å²) in [6.07, 6.45) is 1.78. The largest absolute Gasteiger partial charge is 0.490 e. The Morgan fingerprint density at radius 2 is 2.15 bits per heavy atom. The highest BCUT2D eigenvalue weighted by molar-refractivity contribution is 6.20. The number of hydrogen-bond acceptors (Lipinski definition) is 1. The zero-order valence-electron chi connectivity index (χ0n) is 11.3. The minimum Gasteiger partial charge on any atom is -0.490 e. The smallest absolute Gasteiger partial charge is 0.123 e. The summed E-state index contributed by atoms with van der Waals surface area (Å²) in [5.74, 6) is 0.735. The molecule has 2 aromatic rings. The van der Waals surface area contributed by atoms with Gasteiger partial charge in [-0.3, -0.25) is 0 Å². The SMILES string of the molecule is CC1Cc2cc(C(Cl)Cc3cccc(F)c3)ccc2O1. The molecule has 1 aliphatic rings. The molecule has 3 heteroatoms. The number of fused-ring (bicyclic) bond motifs is 1. The van der Waals surface area contributed by atoms with Gasteiger partial charge in [0.05, 0.1) is 5.38 Å². The predicted molar refractivity (Wildman–Crippen MR) is 78.9 cm³/mol. The van der Waals surface area contributed by atoms with Crippen molar-refractivity contribution in [3.05, 3.63) is 65.0 Å². The van der Waals surface area contributed by atoms with Gasteiger partial charge in [-0.25, -0.2) is 4.39 Å². The van der Waals surface area contributed by atoms with Crippen LogP contribution in [0.3, 0.4) is 0 Å². The van der Waals surface area contributed by atoms with Crippen LogP contribution in [0.2, 0.25) is 0 Å². The number of halogens is 2. The molecule has 0 aromatic heterocycles. The Morgan fingerprint density at radius 3 is 2.95 bits per heavy atom. The first kappa shape index (κ1) is 13.4.